The fourth-order valence-electron chi connectivity index (χ4n) is 5.08. The highest BCUT2D eigenvalue weighted by Crippen LogP contribution is 2.63. The number of carbonyl (C=O) groups excluding carboxylic acids is 1. The number of rotatable bonds is 6. The first-order valence-corrected chi connectivity index (χ1v) is 15.5. The lowest BCUT2D eigenvalue weighted by molar-refractivity contribution is -0.137. The SMILES string of the molecule is CCN(CC)c1ccc2c(c1)OC(=O)N(c1ccc(Cl)c(Cl)c1)[P@@]2(=Nc1ccccc1C(F)(F)F)N1CCOCC1. The molecule has 7 nitrogen and oxygen atoms in total. The minimum Gasteiger partial charge on any atom is -0.409 e. The van der Waals surface area contributed by atoms with Crippen LogP contribution in [-0.2, 0) is 10.9 Å². The van der Waals surface area contributed by atoms with Gasteiger partial charge in [0.1, 0.15) is 5.75 Å². The molecule has 41 heavy (non-hydrogen) atoms. The van der Waals surface area contributed by atoms with Gasteiger partial charge in [0, 0.05) is 37.9 Å². The van der Waals surface area contributed by atoms with E-state index in [4.69, 9.17) is 37.4 Å². The maximum Gasteiger partial charge on any atom is 0.425 e. The number of hydrogen-bond acceptors (Lipinski definition) is 5. The predicted molar refractivity (Wildman–Crippen MR) is 157 cm³/mol. The third kappa shape index (κ3) is 5.56. The minimum atomic E-state index is -4.67. The maximum atomic E-state index is 14.3. The molecule has 1 amide bonds. The topological polar surface area (TPSA) is 57.6 Å². The van der Waals surface area contributed by atoms with Crippen molar-refractivity contribution in [3.63, 3.8) is 0 Å². The molecular weight excluding hydrogens is 599 g/mol. The molecule has 3 aromatic rings. The number of fused-ring (bicyclic) bond motifs is 1. The Morgan fingerprint density at radius 1 is 0.976 bits per heavy atom. The third-order valence-corrected chi connectivity index (χ3v) is 11.4. The summed E-state index contributed by atoms with van der Waals surface area (Å²) >= 11 is 12.6. The number of ether oxygens (including phenoxy) is 2. The summed E-state index contributed by atoms with van der Waals surface area (Å²) in [6, 6.07) is 15.2. The molecule has 1 saturated heterocycles. The molecule has 5 rings (SSSR count). The molecule has 0 aromatic heterocycles. The normalized spacial score (nSPS) is 19.5. The molecule has 0 spiro atoms. The van der Waals surface area contributed by atoms with Crippen LogP contribution in [-0.4, -0.2) is 50.2 Å². The molecule has 13 heteroatoms. The zero-order valence-corrected chi connectivity index (χ0v) is 24.8. The molecule has 0 radical (unpaired) electrons. The summed E-state index contributed by atoms with van der Waals surface area (Å²) in [5.74, 6) is 0.253. The predicted octanol–water partition coefficient (Wildman–Crippen LogP) is 8.20. The zero-order valence-electron chi connectivity index (χ0n) is 22.4. The van der Waals surface area contributed by atoms with Gasteiger partial charge in [-0.3, -0.25) is 0 Å². The third-order valence-electron chi connectivity index (χ3n) is 7.03. The van der Waals surface area contributed by atoms with Gasteiger partial charge in [-0.15, -0.1) is 0 Å². The van der Waals surface area contributed by atoms with Gasteiger partial charge in [0.2, 0.25) is 0 Å². The minimum absolute atomic E-state index is 0.176. The van der Waals surface area contributed by atoms with Crippen LogP contribution in [0.15, 0.2) is 65.4 Å². The second-order valence-electron chi connectivity index (χ2n) is 9.35. The lowest BCUT2D eigenvalue weighted by atomic mass is 10.2. The van der Waals surface area contributed by atoms with Crippen LogP contribution in [0.4, 0.5) is 35.0 Å². The van der Waals surface area contributed by atoms with E-state index in [0.29, 0.717) is 50.4 Å². The highest BCUT2D eigenvalue weighted by Gasteiger charge is 2.48. The van der Waals surface area contributed by atoms with Crippen LogP contribution in [0.25, 0.3) is 0 Å². The fourth-order valence-corrected chi connectivity index (χ4v) is 9.06. The van der Waals surface area contributed by atoms with Crippen molar-refractivity contribution in [1.82, 2.24) is 4.67 Å². The van der Waals surface area contributed by atoms with Crippen molar-refractivity contribution in [2.24, 2.45) is 4.74 Å². The lowest BCUT2D eigenvalue weighted by Gasteiger charge is -2.47. The molecule has 0 saturated carbocycles. The number of benzene rings is 3. The van der Waals surface area contributed by atoms with Crippen LogP contribution in [0, 0.1) is 0 Å². The van der Waals surface area contributed by atoms with Crippen molar-refractivity contribution in [1.29, 1.82) is 0 Å². The van der Waals surface area contributed by atoms with Crippen molar-refractivity contribution >= 4 is 59.0 Å². The Bertz CT molecular complexity index is 1510. The zero-order chi connectivity index (χ0) is 29.4. The first-order valence-electron chi connectivity index (χ1n) is 13.1. The summed E-state index contributed by atoms with van der Waals surface area (Å²) in [6.45, 7) is 6.73. The Morgan fingerprint density at radius 2 is 1.68 bits per heavy atom. The van der Waals surface area contributed by atoms with E-state index in [0.717, 1.165) is 11.8 Å². The molecule has 0 aliphatic carbocycles. The number of carbonyl (C=O) groups is 1. The van der Waals surface area contributed by atoms with Gasteiger partial charge in [-0.2, -0.15) is 13.2 Å². The van der Waals surface area contributed by atoms with Crippen LogP contribution >= 0.6 is 30.6 Å². The van der Waals surface area contributed by atoms with Crippen molar-refractivity contribution in [2.45, 2.75) is 20.0 Å². The van der Waals surface area contributed by atoms with E-state index in [-0.39, 0.29) is 21.5 Å². The summed E-state index contributed by atoms with van der Waals surface area (Å²) < 4.78 is 62.5. The van der Waals surface area contributed by atoms with Crippen molar-refractivity contribution in [3.05, 3.63) is 76.3 Å². The van der Waals surface area contributed by atoms with E-state index < -0.39 is 25.2 Å². The van der Waals surface area contributed by atoms with Crippen molar-refractivity contribution < 1.29 is 27.4 Å². The Hall–Kier alpha value is -2.75. The van der Waals surface area contributed by atoms with E-state index >= 15 is 0 Å². The standard InChI is InChI=1S/C28H28Cl2F3N4O3P/c1-3-35(4-2)19-10-12-26-25(18-19)40-27(38)37(20-9-11-22(29)23(30)17-20)41(26,36-13-15-39-16-14-36)34-24-8-6-5-7-21(24)28(31,32)33/h5-12,17-18H,3-4,13-16H2,1-2H3/t41-/m0/s1. The van der Waals surface area contributed by atoms with Gasteiger partial charge in [-0.25, -0.2) is 18.9 Å². The molecule has 1 atom stereocenters. The van der Waals surface area contributed by atoms with Gasteiger partial charge >= 0.3 is 12.3 Å². The molecule has 2 heterocycles. The summed E-state index contributed by atoms with van der Waals surface area (Å²) in [6.07, 6.45) is -5.45. The Kier molecular flexibility index (Phi) is 8.60. The number of amides is 1. The largest absolute Gasteiger partial charge is 0.425 e. The number of hydrogen-bond donors (Lipinski definition) is 0. The highest BCUT2D eigenvalue weighted by molar-refractivity contribution is 7.74. The number of halogens is 5. The highest BCUT2D eigenvalue weighted by atomic mass is 35.5. The monoisotopic (exact) mass is 626 g/mol. The van der Waals surface area contributed by atoms with Gasteiger partial charge in [0.25, 0.3) is 0 Å². The average molecular weight is 627 g/mol. The molecule has 218 valence electrons. The molecule has 0 unspecified atom stereocenters. The molecule has 2 aliphatic heterocycles. The lowest BCUT2D eigenvalue weighted by Crippen LogP contribution is -2.49. The van der Waals surface area contributed by atoms with Crippen LogP contribution < -0.4 is 19.6 Å². The number of alkyl halides is 3. The quantitative estimate of drug-likeness (QED) is 0.258. The number of morpholine rings is 1. The summed E-state index contributed by atoms with van der Waals surface area (Å²) in [7, 11) is -3.55. The Morgan fingerprint density at radius 3 is 2.34 bits per heavy atom. The molecule has 3 aromatic carbocycles. The molecule has 1 fully saturated rings. The van der Waals surface area contributed by atoms with Gasteiger partial charge in [-0.05, 0) is 56.3 Å². The van der Waals surface area contributed by atoms with Crippen LogP contribution in [0.1, 0.15) is 19.4 Å². The average Bonchev–Trinajstić information content (AvgIpc) is 2.95. The number of nitrogens with zero attached hydrogens (tertiary/aromatic N) is 4. The molecular formula is C28H28Cl2F3N4O3P. The van der Waals surface area contributed by atoms with E-state index in [9.17, 15) is 18.0 Å². The summed E-state index contributed by atoms with van der Waals surface area (Å²) in [4.78, 5) is 16.1. The first-order chi connectivity index (χ1) is 19.6. The number of anilines is 2. The van der Waals surface area contributed by atoms with Crippen LogP contribution in [0.3, 0.4) is 0 Å². The van der Waals surface area contributed by atoms with Gasteiger partial charge < -0.3 is 14.4 Å². The van der Waals surface area contributed by atoms with Crippen LogP contribution in [0.5, 0.6) is 5.75 Å². The van der Waals surface area contributed by atoms with Crippen molar-refractivity contribution in [2.75, 3.05) is 49.0 Å². The van der Waals surface area contributed by atoms with Crippen LogP contribution in [0.2, 0.25) is 10.0 Å². The van der Waals surface area contributed by atoms with Crippen molar-refractivity contribution in [3.8, 4) is 5.75 Å². The Balaban J connectivity index is 1.89. The Labute approximate surface area is 246 Å². The maximum absolute atomic E-state index is 14.3. The summed E-state index contributed by atoms with van der Waals surface area (Å²) in [5, 5.41) is 0.952. The van der Waals surface area contributed by atoms with Gasteiger partial charge in [0.05, 0.1) is 45.5 Å². The smallest absolute Gasteiger partial charge is 0.409 e. The van der Waals surface area contributed by atoms with Gasteiger partial charge in [-0.1, -0.05) is 35.3 Å². The van der Waals surface area contributed by atoms with E-state index in [2.05, 4.69) is 4.90 Å². The summed E-state index contributed by atoms with van der Waals surface area (Å²) in [5.41, 5.74) is -0.0587. The van der Waals surface area contributed by atoms with E-state index in [1.165, 1.54) is 35.0 Å². The van der Waals surface area contributed by atoms with E-state index in [1.54, 1.807) is 12.1 Å². The molecule has 0 N–H and O–H groups in total. The van der Waals surface area contributed by atoms with Gasteiger partial charge in [0.15, 0.2) is 7.36 Å². The molecule has 0 bridgehead atoms. The second-order valence-corrected chi connectivity index (χ2v) is 13.0. The fraction of sp³-hybridized carbons (Fsp3) is 0.321. The second kappa shape index (κ2) is 11.9. The first kappa shape index (κ1) is 29.7. The molecule has 2 aliphatic rings. The van der Waals surface area contributed by atoms with E-state index in [1.807, 2.05) is 30.7 Å².